The van der Waals surface area contributed by atoms with Crippen molar-refractivity contribution in [3.63, 3.8) is 0 Å². The second-order valence-corrected chi connectivity index (χ2v) is 6.57. The van der Waals surface area contributed by atoms with Gasteiger partial charge >= 0.3 is 0 Å². The summed E-state index contributed by atoms with van der Waals surface area (Å²) in [6, 6.07) is 10.6. The van der Waals surface area contributed by atoms with Crippen LogP contribution < -0.4 is 10.1 Å². The monoisotopic (exact) mass is 414 g/mol. The molecular weight excluding hydrogens is 396 g/mol. The first kappa shape index (κ1) is 19.5. The first-order chi connectivity index (χ1) is 12.3. The molecule has 0 radical (unpaired) electrons. The fourth-order valence-corrected chi connectivity index (χ4v) is 2.83. The molecule has 134 valence electrons. The molecule has 2 rings (SSSR count). The van der Waals surface area contributed by atoms with Gasteiger partial charge in [0.25, 0.3) is 5.91 Å². The quantitative estimate of drug-likeness (QED) is 0.547. The Kier molecular flexibility index (Phi) is 6.42. The minimum Gasteiger partial charge on any atom is -0.504 e. The van der Waals surface area contributed by atoms with Crippen molar-refractivity contribution in [2.75, 3.05) is 11.9 Å². The summed E-state index contributed by atoms with van der Waals surface area (Å²) in [6.45, 7) is 6.05. The molecular formula is C20H19BrN2O3. The Morgan fingerprint density at radius 2 is 2.08 bits per heavy atom. The minimum absolute atomic E-state index is 0.0193. The molecule has 0 saturated carbocycles. The molecule has 2 N–H and O–H groups in total. The van der Waals surface area contributed by atoms with Gasteiger partial charge in [0.05, 0.1) is 6.61 Å². The number of aromatic hydroxyl groups is 1. The number of hydrogen-bond donors (Lipinski definition) is 2. The van der Waals surface area contributed by atoms with Crippen LogP contribution >= 0.6 is 15.9 Å². The molecule has 0 unspecified atom stereocenters. The number of amides is 1. The summed E-state index contributed by atoms with van der Waals surface area (Å²) in [6.07, 6.45) is 1.45. The van der Waals surface area contributed by atoms with Crippen LogP contribution in [0.1, 0.15) is 23.6 Å². The number of anilines is 1. The molecule has 0 heterocycles. The summed E-state index contributed by atoms with van der Waals surface area (Å²) in [5.74, 6) is -0.236. The van der Waals surface area contributed by atoms with Crippen LogP contribution in [0.4, 0.5) is 5.69 Å². The fourth-order valence-electron chi connectivity index (χ4n) is 2.39. The SMILES string of the molecule is CCOc1cc(/C=C(\C#N)C(=O)Nc2ccc(C)cc2C)c(Br)cc1O. The van der Waals surface area contributed by atoms with Gasteiger partial charge in [-0.1, -0.05) is 33.6 Å². The highest BCUT2D eigenvalue weighted by Gasteiger charge is 2.13. The molecule has 5 nitrogen and oxygen atoms in total. The highest BCUT2D eigenvalue weighted by molar-refractivity contribution is 9.10. The van der Waals surface area contributed by atoms with Gasteiger partial charge in [-0.3, -0.25) is 4.79 Å². The van der Waals surface area contributed by atoms with E-state index in [1.54, 1.807) is 19.1 Å². The number of phenols is 1. The topological polar surface area (TPSA) is 82.3 Å². The van der Waals surface area contributed by atoms with E-state index in [2.05, 4.69) is 21.2 Å². The Balaban J connectivity index is 2.34. The molecule has 0 spiro atoms. The second kappa shape index (κ2) is 8.54. The maximum atomic E-state index is 12.5. The molecule has 2 aromatic carbocycles. The van der Waals surface area contributed by atoms with E-state index in [1.807, 2.05) is 32.0 Å². The third kappa shape index (κ3) is 4.64. The lowest BCUT2D eigenvalue weighted by Crippen LogP contribution is -2.14. The lowest BCUT2D eigenvalue weighted by molar-refractivity contribution is -0.112. The highest BCUT2D eigenvalue weighted by Crippen LogP contribution is 2.33. The Hall–Kier alpha value is -2.78. The Labute approximate surface area is 161 Å². The number of ether oxygens (including phenoxy) is 1. The second-order valence-electron chi connectivity index (χ2n) is 5.72. The van der Waals surface area contributed by atoms with E-state index < -0.39 is 5.91 Å². The molecule has 0 aliphatic carbocycles. The maximum absolute atomic E-state index is 12.5. The maximum Gasteiger partial charge on any atom is 0.266 e. The molecule has 0 atom stereocenters. The zero-order chi connectivity index (χ0) is 19.3. The summed E-state index contributed by atoms with van der Waals surface area (Å²) >= 11 is 3.32. The van der Waals surface area contributed by atoms with Gasteiger partial charge in [-0.25, -0.2) is 0 Å². The van der Waals surface area contributed by atoms with E-state index in [1.165, 1.54) is 12.1 Å². The average molecular weight is 415 g/mol. The predicted molar refractivity (Wildman–Crippen MR) is 105 cm³/mol. The molecule has 0 fully saturated rings. The van der Waals surface area contributed by atoms with Crippen molar-refractivity contribution in [3.05, 3.63) is 57.1 Å². The molecule has 0 aliphatic heterocycles. The molecule has 0 bridgehead atoms. The number of benzene rings is 2. The highest BCUT2D eigenvalue weighted by atomic mass is 79.9. The van der Waals surface area contributed by atoms with E-state index in [-0.39, 0.29) is 17.1 Å². The van der Waals surface area contributed by atoms with E-state index in [4.69, 9.17) is 4.74 Å². The summed E-state index contributed by atoms with van der Waals surface area (Å²) in [7, 11) is 0. The Morgan fingerprint density at radius 1 is 1.35 bits per heavy atom. The van der Waals surface area contributed by atoms with Crippen LogP contribution in [0.2, 0.25) is 0 Å². The van der Waals surface area contributed by atoms with Crippen molar-refractivity contribution in [1.29, 1.82) is 5.26 Å². The third-order valence-corrected chi connectivity index (χ3v) is 4.36. The van der Waals surface area contributed by atoms with Gasteiger partial charge < -0.3 is 15.2 Å². The van der Waals surface area contributed by atoms with Crippen molar-refractivity contribution < 1.29 is 14.6 Å². The van der Waals surface area contributed by atoms with Crippen molar-refractivity contribution in [2.24, 2.45) is 0 Å². The summed E-state index contributed by atoms with van der Waals surface area (Å²) in [5, 5.41) is 22.0. The number of carbonyl (C=O) groups excluding carboxylic acids is 1. The third-order valence-electron chi connectivity index (χ3n) is 3.67. The average Bonchev–Trinajstić information content (AvgIpc) is 2.58. The number of nitriles is 1. The first-order valence-electron chi connectivity index (χ1n) is 8.01. The minimum atomic E-state index is -0.502. The number of nitrogens with zero attached hydrogens (tertiary/aromatic N) is 1. The molecule has 1 amide bonds. The Bertz CT molecular complexity index is 914. The zero-order valence-corrected chi connectivity index (χ0v) is 16.3. The molecule has 0 saturated heterocycles. The van der Waals surface area contributed by atoms with Crippen molar-refractivity contribution in [3.8, 4) is 17.6 Å². The van der Waals surface area contributed by atoms with Crippen LogP contribution in [0, 0.1) is 25.2 Å². The van der Waals surface area contributed by atoms with Crippen LogP contribution in [-0.4, -0.2) is 17.6 Å². The van der Waals surface area contributed by atoms with E-state index in [9.17, 15) is 15.2 Å². The molecule has 2 aromatic rings. The van der Waals surface area contributed by atoms with Gasteiger partial charge in [-0.2, -0.15) is 5.26 Å². The number of hydrogen-bond acceptors (Lipinski definition) is 4. The molecule has 26 heavy (non-hydrogen) atoms. The number of aryl methyl sites for hydroxylation is 2. The number of nitrogens with one attached hydrogen (secondary N) is 1. The number of carbonyl (C=O) groups is 1. The van der Waals surface area contributed by atoms with Gasteiger partial charge in [-0.05, 0) is 56.2 Å². The van der Waals surface area contributed by atoms with Gasteiger partial charge in [0.1, 0.15) is 11.6 Å². The normalized spacial score (nSPS) is 11.0. The number of halogens is 1. The standard InChI is InChI=1S/C20H19BrN2O3/c1-4-26-19-9-14(16(21)10-18(19)24)8-15(11-22)20(25)23-17-6-5-12(2)7-13(17)3/h5-10,24H,4H2,1-3H3,(H,23,25)/b15-8+. The lowest BCUT2D eigenvalue weighted by atomic mass is 10.1. The smallest absolute Gasteiger partial charge is 0.266 e. The first-order valence-corrected chi connectivity index (χ1v) is 8.80. The van der Waals surface area contributed by atoms with Crippen LogP contribution in [-0.2, 0) is 4.79 Å². The van der Waals surface area contributed by atoms with Crippen LogP contribution in [0.5, 0.6) is 11.5 Å². The largest absolute Gasteiger partial charge is 0.504 e. The summed E-state index contributed by atoms with van der Waals surface area (Å²) in [5.41, 5.74) is 3.16. The molecule has 6 heteroatoms. The summed E-state index contributed by atoms with van der Waals surface area (Å²) < 4.78 is 5.89. The van der Waals surface area contributed by atoms with Crippen LogP contribution in [0.15, 0.2) is 40.4 Å². The van der Waals surface area contributed by atoms with Gasteiger partial charge in [0.2, 0.25) is 0 Å². The molecule has 0 aromatic heterocycles. The van der Waals surface area contributed by atoms with E-state index in [0.29, 0.717) is 22.3 Å². The van der Waals surface area contributed by atoms with Crippen molar-refractivity contribution in [1.82, 2.24) is 0 Å². The van der Waals surface area contributed by atoms with Gasteiger partial charge in [0.15, 0.2) is 11.5 Å². The molecule has 0 aliphatic rings. The van der Waals surface area contributed by atoms with Crippen LogP contribution in [0.3, 0.4) is 0 Å². The van der Waals surface area contributed by atoms with Gasteiger partial charge in [-0.15, -0.1) is 0 Å². The fraction of sp³-hybridized carbons (Fsp3) is 0.200. The zero-order valence-electron chi connectivity index (χ0n) is 14.8. The van der Waals surface area contributed by atoms with E-state index in [0.717, 1.165) is 11.1 Å². The van der Waals surface area contributed by atoms with E-state index >= 15 is 0 Å². The number of phenolic OH excluding ortho intramolecular Hbond substituents is 1. The number of rotatable bonds is 5. The lowest BCUT2D eigenvalue weighted by Gasteiger charge is -2.10. The van der Waals surface area contributed by atoms with Gasteiger partial charge in [0, 0.05) is 10.2 Å². The van der Waals surface area contributed by atoms with Crippen LogP contribution in [0.25, 0.3) is 6.08 Å². The Morgan fingerprint density at radius 3 is 2.69 bits per heavy atom. The summed E-state index contributed by atoms with van der Waals surface area (Å²) in [4.78, 5) is 12.5. The van der Waals surface area contributed by atoms with Crippen molar-refractivity contribution in [2.45, 2.75) is 20.8 Å². The van der Waals surface area contributed by atoms with Crippen molar-refractivity contribution >= 4 is 33.6 Å². The predicted octanol–water partition coefficient (Wildman–Crippen LogP) is 4.72.